The zero-order valence-electron chi connectivity index (χ0n) is 16.1. The summed E-state index contributed by atoms with van der Waals surface area (Å²) < 4.78 is 7.28. The van der Waals surface area contributed by atoms with Gasteiger partial charge in [-0.1, -0.05) is 18.2 Å². The fraction of sp³-hybridized carbons (Fsp3) is 0.450. The van der Waals surface area contributed by atoms with Crippen LogP contribution in [0.1, 0.15) is 13.8 Å². The molecule has 0 unspecified atom stereocenters. The Morgan fingerprint density at radius 1 is 1.04 bits per heavy atom. The van der Waals surface area contributed by atoms with E-state index in [0.29, 0.717) is 12.1 Å². The molecule has 1 saturated heterocycles. The number of aromatic nitrogens is 4. The van der Waals surface area contributed by atoms with Crippen molar-refractivity contribution in [3.05, 3.63) is 43.0 Å². The van der Waals surface area contributed by atoms with Crippen molar-refractivity contribution in [2.24, 2.45) is 0 Å². The lowest BCUT2D eigenvalue weighted by Crippen LogP contribution is -2.57. The minimum Gasteiger partial charge on any atom is -0.383 e. The first kappa shape index (κ1) is 17.9. The summed E-state index contributed by atoms with van der Waals surface area (Å²) in [5.41, 5.74) is 2.75. The molecular formula is C20H26N6O. The van der Waals surface area contributed by atoms with E-state index in [-0.39, 0.29) is 0 Å². The highest BCUT2D eigenvalue weighted by Gasteiger charge is 2.31. The van der Waals surface area contributed by atoms with Gasteiger partial charge in [0.25, 0.3) is 0 Å². The number of benzene rings is 1. The van der Waals surface area contributed by atoms with Crippen LogP contribution in [0.3, 0.4) is 0 Å². The van der Waals surface area contributed by atoms with Crippen molar-refractivity contribution in [3.63, 3.8) is 0 Å². The van der Waals surface area contributed by atoms with Gasteiger partial charge in [-0.25, -0.2) is 15.0 Å². The van der Waals surface area contributed by atoms with E-state index in [1.165, 1.54) is 0 Å². The van der Waals surface area contributed by atoms with Gasteiger partial charge in [0.1, 0.15) is 12.7 Å². The van der Waals surface area contributed by atoms with Crippen LogP contribution in [0.25, 0.3) is 16.9 Å². The molecule has 0 bridgehead atoms. The number of fused-ring (bicyclic) bond motifs is 1. The third-order valence-electron chi connectivity index (χ3n) is 5.30. The average molecular weight is 366 g/mol. The Hall–Kier alpha value is -2.51. The monoisotopic (exact) mass is 366 g/mol. The number of para-hydroxylation sites is 1. The highest BCUT2D eigenvalue weighted by atomic mass is 16.5. The average Bonchev–Trinajstić information content (AvgIpc) is 3.12. The number of anilines is 1. The number of methoxy groups -OCH3 is 1. The number of piperazine rings is 1. The molecule has 27 heavy (non-hydrogen) atoms. The first-order valence-electron chi connectivity index (χ1n) is 9.42. The van der Waals surface area contributed by atoms with Crippen LogP contribution in [0.4, 0.5) is 5.82 Å². The maximum absolute atomic E-state index is 5.27. The van der Waals surface area contributed by atoms with Gasteiger partial charge in [-0.2, -0.15) is 0 Å². The van der Waals surface area contributed by atoms with Gasteiger partial charge in [-0.15, -0.1) is 0 Å². The molecule has 0 spiro atoms. The molecule has 0 aliphatic carbocycles. The van der Waals surface area contributed by atoms with Gasteiger partial charge in [0.15, 0.2) is 17.0 Å². The number of hydrogen-bond acceptors (Lipinski definition) is 6. The Morgan fingerprint density at radius 2 is 1.78 bits per heavy atom. The van der Waals surface area contributed by atoms with Crippen LogP contribution in [0, 0.1) is 0 Å². The summed E-state index contributed by atoms with van der Waals surface area (Å²) in [4.78, 5) is 18.6. The van der Waals surface area contributed by atoms with E-state index in [4.69, 9.17) is 4.74 Å². The summed E-state index contributed by atoms with van der Waals surface area (Å²) in [6.45, 7) is 8.07. The molecule has 1 aliphatic rings. The zero-order chi connectivity index (χ0) is 18.8. The van der Waals surface area contributed by atoms with Crippen molar-refractivity contribution in [1.29, 1.82) is 0 Å². The van der Waals surface area contributed by atoms with Gasteiger partial charge >= 0.3 is 0 Å². The normalized spacial score (nSPS) is 21.1. The van der Waals surface area contributed by atoms with Crippen molar-refractivity contribution in [2.45, 2.75) is 25.9 Å². The van der Waals surface area contributed by atoms with Crippen LogP contribution in [-0.4, -0.2) is 69.9 Å². The van der Waals surface area contributed by atoms with E-state index in [0.717, 1.165) is 48.9 Å². The Bertz CT molecular complexity index is 884. The van der Waals surface area contributed by atoms with Crippen molar-refractivity contribution >= 4 is 17.0 Å². The number of hydrogen-bond donors (Lipinski definition) is 0. The summed E-state index contributed by atoms with van der Waals surface area (Å²) in [7, 11) is 1.76. The fourth-order valence-electron chi connectivity index (χ4n) is 4.00. The highest BCUT2D eigenvalue weighted by molar-refractivity contribution is 5.84. The van der Waals surface area contributed by atoms with Crippen LogP contribution in [0.5, 0.6) is 0 Å². The molecule has 7 heteroatoms. The Labute approximate surface area is 159 Å². The fourth-order valence-corrected chi connectivity index (χ4v) is 4.00. The molecule has 3 heterocycles. The van der Waals surface area contributed by atoms with Crippen molar-refractivity contribution < 1.29 is 4.74 Å². The minimum atomic E-state index is 0.421. The standard InChI is InChI=1S/C20H26N6O/c1-15-11-24(12-16(2)25(15)9-10-27-3)19-18-20(22-13-21-19)26(14-23-18)17-7-5-4-6-8-17/h4-8,13-16H,9-12H2,1-3H3/t15-,16+. The van der Waals surface area contributed by atoms with E-state index in [9.17, 15) is 0 Å². The van der Waals surface area contributed by atoms with Crippen molar-refractivity contribution in [1.82, 2.24) is 24.4 Å². The number of nitrogens with zero attached hydrogens (tertiary/aromatic N) is 6. The van der Waals surface area contributed by atoms with Crippen molar-refractivity contribution in [2.75, 3.05) is 38.3 Å². The largest absolute Gasteiger partial charge is 0.383 e. The summed E-state index contributed by atoms with van der Waals surface area (Å²) in [6.07, 6.45) is 3.48. The van der Waals surface area contributed by atoms with E-state index < -0.39 is 0 Å². The third kappa shape index (κ3) is 3.40. The second kappa shape index (κ2) is 7.62. The Morgan fingerprint density at radius 3 is 2.48 bits per heavy atom. The SMILES string of the molecule is COCCN1[C@H](C)CN(c2ncnc3c2ncn3-c2ccccc2)C[C@@H]1C. The predicted molar refractivity (Wildman–Crippen MR) is 106 cm³/mol. The molecule has 3 aromatic rings. The van der Waals surface area contributed by atoms with Gasteiger partial charge in [-0.3, -0.25) is 9.47 Å². The molecule has 0 N–H and O–H groups in total. The van der Waals surface area contributed by atoms with E-state index in [1.54, 1.807) is 13.4 Å². The molecule has 142 valence electrons. The molecule has 7 nitrogen and oxygen atoms in total. The number of rotatable bonds is 5. The van der Waals surface area contributed by atoms with Gasteiger partial charge in [0.05, 0.1) is 6.61 Å². The highest BCUT2D eigenvalue weighted by Crippen LogP contribution is 2.27. The lowest BCUT2D eigenvalue weighted by Gasteiger charge is -2.44. The molecule has 2 aromatic heterocycles. The van der Waals surface area contributed by atoms with Crippen LogP contribution in [-0.2, 0) is 4.74 Å². The maximum atomic E-state index is 5.27. The molecular weight excluding hydrogens is 340 g/mol. The van der Waals surface area contributed by atoms with E-state index in [2.05, 4.69) is 50.7 Å². The van der Waals surface area contributed by atoms with Crippen molar-refractivity contribution in [3.8, 4) is 5.69 Å². The predicted octanol–water partition coefficient (Wildman–Crippen LogP) is 2.36. The maximum Gasteiger partial charge on any atom is 0.170 e. The molecule has 2 atom stereocenters. The second-order valence-electron chi connectivity index (χ2n) is 7.15. The van der Waals surface area contributed by atoms with Crippen LogP contribution in [0.15, 0.2) is 43.0 Å². The third-order valence-corrected chi connectivity index (χ3v) is 5.30. The summed E-state index contributed by atoms with van der Waals surface area (Å²) >= 11 is 0. The van der Waals surface area contributed by atoms with Gasteiger partial charge in [0.2, 0.25) is 0 Å². The summed E-state index contributed by atoms with van der Waals surface area (Å²) in [6, 6.07) is 11.0. The van der Waals surface area contributed by atoms with E-state index in [1.807, 2.05) is 29.1 Å². The Kier molecular flexibility index (Phi) is 5.05. The van der Waals surface area contributed by atoms with Crippen LogP contribution in [0.2, 0.25) is 0 Å². The molecule has 1 aliphatic heterocycles. The molecule has 0 saturated carbocycles. The smallest absolute Gasteiger partial charge is 0.170 e. The second-order valence-corrected chi connectivity index (χ2v) is 7.15. The molecule has 0 amide bonds. The first-order valence-corrected chi connectivity index (χ1v) is 9.42. The van der Waals surface area contributed by atoms with Crippen LogP contribution >= 0.6 is 0 Å². The number of ether oxygens (including phenoxy) is 1. The lowest BCUT2D eigenvalue weighted by molar-refractivity contribution is 0.0845. The van der Waals surface area contributed by atoms with Gasteiger partial charge < -0.3 is 9.64 Å². The minimum absolute atomic E-state index is 0.421. The number of imidazole rings is 1. The van der Waals surface area contributed by atoms with E-state index >= 15 is 0 Å². The molecule has 1 fully saturated rings. The lowest BCUT2D eigenvalue weighted by atomic mass is 10.1. The molecule has 1 aromatic carbocycles. The molecule has 4 rings (SSSR count). The van der Waals surface area contributed by atoms with Gasteiger partial charge in [0, 0.05) is 44.5 Å². The zero-order valence-corrected chi connectivity index (χ0v) is 16.1. The van der Waals surface area contributed by atoms with Crippen LogP contribution < -0.4 is 4.90 Å². The topological polar surface area (TPSA) is 59.3 Å². The summed E-state index contributed by atoms with van der Waals surface area (Å²) in [5.74, 6) is 0.916. The Balaban J connectivity index is 1.64. The first-order chi connectivity index (χ1) is 13.2. The van der Waals surface area contributed by atoms with Gasteiger partial charge in [-0.05, 0) is 26.0 Å². The summed E-state index contributed by atoms with van der Waals surface area (Å²) in [5, 5.41) is 0. The quantitative estimate of drug-likeness (QED) is 0.691. The molecule has 0 radical (unpaired) electrons.